The van der Waals surface area contributed by atoms with Gasteiger partial charge in [-0.05, 0) is 42.8 Å². The smallest absolute Gasteiger partial charge is 0.236 e. The lowest BCUT2D eigenvalue weighted by Gasteiger charge is -2.38. The van der Waals surface area contributed by atoms with Crippen molar-refractivity contribution in [2.24, 2.45) is 0 Å². The van der Waals surface area contributed by atoms with E-state index in [2.05, 4.69) is 9.80 Å². The van der Waals surface area contributed by atoms with Crippen molar-refractivity contribution in [3.63, 3.8) is 0 Å². The molecule has 0 N–H and O–H groups in total. The molecule has 2 fully saturated rings. The summed E-state index contributed by atoms with van der Waals surface area (Å²) in [4.78, 5) is 32.4. The first-order valence-electron chi connectivity index (χ1n) is 11.5. The Morgan fingerprint density at radius 1 is 0.882 bits per heavy atom. The van der Waals surface area contributed by atoms with Crippen LogP contribution in [0.2, 0.25) is 5.02 Å². The van der Waals surface area contributed by atoms with E-state index < -0.39 is 5.82 Å². The number of ketones is 1. The van der Waals surface area contributed by atoms with Crippen LogP contribution in [-0.2, 0) is 11.3 Å². The number of hydrogen-bond donors (Lipinski definition) is 0. The molecule has 0 atom stereocenters. The zero-order valence-electron chi connectivity index (χ0n) is 19.3. The molecule has 0 radical (unpaired) electrons. The Morgan fingerprint density at radius 2 is 1.56 bits per heavy atom. The van der Waals surface area contributed by atoms with Crippen molar-refractivity contribution >= 4 is 29.0 Å². The standard InChI is InChI=1S/C25H29ClF2N4O2/c1-18(33)19-3-5-24(23(28)14-19)31-10-12-32(13-11-31)25(34)17-30-8-6-29(7-9-30)16-20-2-4-21(27)15-22(20)26/h2-5,14-15H,6-13,16-17H2,1H3. The molecule has 2 saturated heterocycles. The van der Waals surface area contributed by atoms with E-state index in [1.165, 1.54) is 25.1 Å². The third-order valence-electron chi connectivity index (χ3n) is 6.56. The van der Waals surface area contributed by atoms with Crippen LogP contribution in [0.1, 0.15) is 22.8 Å². The summed E-state index contributed by atoms with van der Waals surface area (Å²) in [7, 11) is 0. The zero-order chi connectivity index (χ0) is 24.2. The van der Waals surface area contributed by atoms with Gasteiger partial charge in [0.1, 0.15) is 11.6 Å². The third kappa shape index (κ3) is 5.92. The fourth-order valence-corrected chi connectivity index (χ4v) is 4.69. The van der Waals surface area contributed by atoms with Gasteiger partial charge in [-0.2, -0.15) is 0 Å². The molecule has 0 bridgehead atoms. The Bertz CT molecular complexity index is 1050. The van der Waals surface area contributed by atoms with Gasteiger partial charge in [-0.25, -0.2) is 8.78 Å². The van der Waals surface area contributed by atoms with Gasteiger partial charge in [0.2, 0.25) is 5.91 Å². The molecule has 2 heterocycles. The maximum Gasteiger partial charge on any atom is 0.236 e. The van der Waals surface area contributed by atoms with E-state index in [1.807, 2.05) is 9.80 Å². The molecule has 2 aliphatic heterocycles. The summed E-state index contributed by atoms with van der Waals surface area (Å²) >= 11 is 6.14. The minimum atomic E-state index is -0.410. The van der Waals surface area contributed by atoms with Gasteiger partial charge in [0.25, 0.3) is 0 Å². The number of Topliss-reactive ketones (excluding diaryl/α,β-unsaturated/α-hetero) is 1. The van der Waals surface area contributed by atoms with Gasteiger partial charge in [-0.1, -0.05) is 17.7 Å². The Morgan fingerprint density at radius 3 is 2.18 bits per heavy atom. The number of piperazine rings is 2. The van der Waals surface area contributed by atoms with E-state index in [0.717, 1.165) is 31.7 Å². The number of hydrogen-bond acceptors (Lipinski definition) is 5. The highest BCUT2D eigenvalue weighted by Gasteiger charge is 2.26. The Kier molecular flexibility index (Phi) is 7.80. The maximum absolute atomic E-state index is 14.5. The summed E-state index contributed by atoms with van der Waals surface area (Å²) in [6, 6.07) is 9.03. The van der Waals surface area contributed by atoms with Crippen LogP contribution < -0.4 is 4.90 Å². The number of anilines is 1. The van der Waals surface area contributed by atoms with Crippen molar-refractivity contribution in [3.05, 3.63) is 64.2 Å². The van der Waals surface area contributed by atoms with Crippen LogP contribution in [0.5, 0.6) is 0 Å². The molecule has 0 aliphatic carbocycles. The second-order valence-corrected chi connectivity index (χ2v) is 9.29. The topological polar surface area (TPSA) is 47.1 Å². The highest BCUT2D eigenvalue weighted by Crippen LogP contribution is 2.23. The van der Waals surface area contributed by atoms with Crippen LogP contribution >= 0.6 is 11.6 Å². The van der Waals surface area contributed by atoms with Gasteiger partial charge in [0.05, 0.1) is 12.2 Å². The molecule has 6 nitrogen and oxygen atoms in total. The van der Waals surface area contributed by atoms with Gasteiger partial charge >= 0.3 is 0 Å². The Hall–Kier alpha value is -2.55. The van der Waals surface area contributed by atoms with Crippen LogP contribution in [0.4, 0.5) is 14.5 Å². The van der Waals surface area contributed by atoms with Gasteiger partial charge in [0, 0.05) is 69.5 Å². The molecule has 2 aromatic carbocycles. The number of rotatable bonds is 6. The van der Waals surface area contributed by atoms with Crippen molar-refractivity contribution in [2.45, 2.75) is 13.5 Å². The van der Waals surface area contributed by atoms with Crippen molar-refractivity contribution in [3.8, 4) is 0 Å². The highest BCUT2D eigenvalue weighted by atomic mass is 35.5. The van der Waals surface area contributed by atoms with E-state index in [4.69, 9.17) is 11.6 Å². The van der Waals surface area contributed by atoms with Crippen molar-refractivity contribution in [1.29, 1.82) is 0 Å². The van der Waals surface area contributed by atoms with Crippen LogP contribution in [-0.4, -0.2) is 85.3 Å². The molecule has 2 aliphatic rings. The van der Waals surface area contributed by atoms with E-state index in [-0.39, 0.29) is 17.5 Å². The van der Waals surface area contributed by atoms with Crippen molar-refractivity contribution < 1.29 is 18.4 Å². The summed E-state index contributed by atoms with van der Waals surface area (Å²) in [6.07, 6.45) is 0. The average Bonchev–Trinajstić information content (AvgIpc) is 2.82. The second-order valence-electron chi connectivity index (χ2n) is 8.88. The first-order chi connectivity index (χ1) is 16.3. The largest absolute Gasteiger partial charge is 0.366 e. The van der Waals surface area contributed by atoms with Gasteiger partial charge in [-0.3, -0.25) is 19.4 Å². The maximum atomic E-state index is 14.5. The Labute approximate surface area is 203 Å². The first-order valence-corrected chi connectivity index (χ1v) is 11.9. The average molecular weight is 491 g/mol. The molecular weight excluding hydrogens is 462 g/mol. The lowest BCUT2D eigenvalue weighted by atomic mass is 10.1. The van der Waals surface area contributed by atoms with Crippen molar-refractivity contribution in [1.82, 2.24) is 14.7 Å². The lowest BCUT2D eigenvalue weighted by molar-refractivity contribution is -0.133. The van der Waals surface area contributed by atoms with E-state index in [9.17, 15) is 18.4 Å². The predicted octanol–water partition coefficient (Wildman–Crippen LogP) is 3.29. The summed E-state index contributed by atoms with van der Waals surface area (Å²) in [5.41, 5.74) is 1.73. The molecule has 0 aromatic heterocycles. The van der Waals surface area contributed by atoms with Gasteiger partial charge in [0.15, 0.2) is 5.78 Å². The van der Waals surface area contributed by atoms with Gasteiger partial charge in [-0.15, -0.1) is 0 Å². The second kappa shape index (κ2) is 10.8. The normalized spacial score (nSPS) is 17.8. The zero-order valence-corrected chi connectivity index (χ0v) is 20.0. The quantitative estimate of drug-likeness (QED) is 0.582. The number of benzene rings is 2. The summed E-state index contributed by atoms with van der Waals surface area (Å²) in [5, 5.41) is 0.437. The molecule has 0 unspecified atom stereocenters. The number of carbonyl (C=O) groups is 2. The summed E-state index contributed by atoms with van der Waals surface area (Å²) in [5.74, 6) is -0.829. The van der Waals surface area contributed by atoms with Gasteiger partial charge < -0.3 is 9.80 Å². The molecule has 9 heteroatoms. The minimum absolute atomic E-state index is 0.0853. The van der Waals surface area contributed by atoms with Crippen LogP contribution in [0.3, 0.4) is 0 Å². The molecule has 182 valence electrons. The summed E-state index contributed by atoms with van der Waals surface area (Å²) in [6.45, 7) is 7.79. The van der Waals surface area contributed by atoms with Crippen LogP contribution in [0.25, 0.3) is 0 Å². The van der Waals surface area contributed by atoms with E-state index in [0.29, 0.717) is 55.5 Å². The van der Waals surface area contributed by atoms with Crippen LogP contribution in [0.15, 0.2) is 36.4 Å². The first kappa shape index (κ1) is 24.6. The molecule has 0 saturated carbocycles. The molecule has 0 spiro atoms. The number of amides is 1. The SMILES string of the molecule is CC(=O)c1ccc(N2CCN(C(=O)CN3CCN(Cc4ccc(F)cc4Cl)CC3)CC2)c(F)c1. The van der Waals surface area contributed by atoms with Crippen molar-refractivity contribution in [2.75, 3.05) is 63.8 Å². The molecule has 1 amide bonds. The fourth-order valence-electron chi connectivity index (χ4n) is 4.47. The third-order valence-corrected chi connectivity index (χ3v) is 6.91. The lowest BCUT2D eigenvalue weighted by Crippen LogP contribution is -2.53. The number of carbonyl (C=O) groups excluding carboxylic acids is 2. The molecule has 2 aromatic rings. The highest BCUT2D eigenvalue weighted by molar-refractivity contribution is 6.31. The number of halogens is 3. The van der Waals surface area contributed by atoms with E-state index in [1.54, 1.807) is 18.2 Å². The predicted molar refractivity (Wildman–Crippen MR) is 128 cm³/mol. The monoisotopic (exact) mass is 490 g/mol. The van der Waals surface area contributed by atoms with Crippen LogP contribution in [0, 0.1) is 11.6 Å². The molecular formula is C25H29ClF2N4O2. The molecule has 34 heavy (non-hydrogen) atoms. The Balaban J connectivity index is 1.22. The molecule has 4 rings (SSSR count). The number of nitrogens with zero attached hydrogens (tertiary/aromatic N) is 4. The minimum Gasteiger partial charge on any atom is -0.366 e. The van der Waals surface area contributed by atoms with E-state index >= 15 is 0 Å². The summed E-state index contributed by atoms with van der Waals surface area (Å²) < 4.78 is 27.7. The fraction of sp³-hybridized carbons (Fsp3) is 0.440.